The molecule has 25 heavy (non-hydrogen) atoms. The van der Waals surface area contributed by atoms with Gasteiger partial charge in [-0.15, -0.1) is 0 Å². The van der Waals surface area contributed by atoms with Crippen LogP contribution in [0, 0.1) is 0 Å². The summed E-state index contributed by atoms with van der Waals surface area (Å²) in [7, 11) is 0. The second kappa shape index (κ2) is 9.42. The lowest BCUT2D eigenvalue weighted by Crippen LogP contribution is -2.51. The molecule has 0 bridgehead atoms. The first-order valence-electron chi connectivity index (χ1n) is 8.94. The molecule has 1 heterocycles. The van der Waals surface area contributed by atoms with Gasteiger partial charge in [-0.05, 0) is 44.5 Å². The highest BCUT2D eigenvalue weighted by molar-refractivity contribution is 5.96. The summed E-state index contributed by atoms with van der Waals surface area (Å²) in [6.45, 7) is 7.78. The van der Waals surface area contributed by atoms with Crippen LogP contribution in [0.2, 0.25) is 0 Å². The van der Waals surface area contributed by atoms with Gasteiger partial charge < -0.3 is 19.7 Å². The number of hydrogen-bond acceptors (Lipinski definition) is 4. The van der Waals surface area contributed by atoms with Gasteiger partial charge >= 0.3 is 0 Å². The molecule has 6 nitrogen and oxygen atoms in total. The van der Waals surface area contributed by atoms with Crippen molar-refractivity contribution in [3.05, 3.63) is 29.8 Å². The number of amides is 2. The van der Waals surface area contributed by atoms with E-state index in [0.717, 1.165) is 18.6 Å². The Balaban J connectivity index is 1.80. The average molecular weight is 348 g/mol. The van der Waals surface area contributed by atoms with Crippen molar-refractivity contribution in [3.8, 4) is 5.75 Å². The zero-order chi connectivity index (χ0) is 18.2. The summed E-state index contributed by atoms with van der Waals surface area (Å²) in [4.78, 5) is 26.2. The number of nitrogens with one attached hydrogen (secondary N) is 1. The Morgan fingerprint density at radius 2 is 1.84 bits per heavy atom. The van der Waals surface area contributed by atoms with Crippen LogP contribution >= 0.6 is 0 Å². The second-order valence-corrected chi connectivity index (χ2v) is 6.47. The first-order valence-corrected chi connectivity index (χ1v) is 8.94. The molecule has 1 aromatic carbocycles. The Morgan fingerprint density at radius 1 is 1.20 bits per heavy atom. The number of unbranched alkanes of at least 4 members (excludes halogenated alkanes) is 1. The number of hydrogen-bond donors (Lipinski definition) is 1. The molecule has 0 aromatic heterocycles. The van der Waals surface area contributed by atoms with Crippen molar-refractivity contribution in [2.24, 2.45) is 0 Å². The van der Waals surface area contributed by atoms with Gasteiger partial charge in [0.05, 0.1) is 25.4 Å². The molecule has 1 aliphatic heterocycles. The van der Waals surface area contributed by atoms with Crippen LogP contribution in [0.1, 0.15) is 44.0 Å². The predicted molar refractivity (Wildman–Crippen MR) is 95.8 cm³/mol. The van der Waals surface area contributed by atoms with Crippen molar-refractivity contribution in [3.63, 3.8) is 0 Å². The molecule has 0 spiro atoms. The molecule has 1 N–H and O–H groups in total. The molecular formula is C19H28N2O4. The Morgan fingerprint density at radius 3 is 2.44 bits per heavy atom. The Bertz CT molecular complexity index is 563. The standard InChI is InChI=1S/C19H28N2O4/c1-4-5-10-24-17-8-6-16(7-9-17)19(23)20-11-18(22)21-12-14(2)25-15(3)13-21/h6-9,14-15H,4-5,10-13H2,1-3H3,(H,20,23)/t14-,15-/m1/s1. The van der Waals surface area contributed by atoms with E-state index in [2.05, 4.69) is 12.2 Å². The van der Waals surface area contributed by atoms with Gasteiger partial charge in [-0.3, -0.25) is 9.59 Å². The molecule has 1 saturated heterocycles. The van der Waals surface area contributed by atoms with E-state index in [4.69, 9.17) is 9.47 Å². The molecule has 2 atom stereocenters. The molecule has 1 fully saturated rings. The van der Waals surface area contributed by atoms with Crippen LogP contribution in [0.4, 0.5) is 0 Å². The maximum atomic E-state index is 12.3. The highest BCUT2D eigenvalue weighted by Crippen LogP contribution is 2.13. The minimum atomic E-state index is -0.261. The number of nitrogens with zero attached hydrogens (tertiary/aromatic N) is 1. The third-order valence-corrected chi connectivity index (χ3v) is 4.06. The topological polar surface area (TPSA) is 67.9 Å². The molecule has 0 saturated carbocycles. The fourth-order valence-electron chi connectivity index (χ4n) is 2.79. The Hall–Kier alpha value is -2.08. The summed E-state index contributed by atoms with van der Waals surface area (Å²) >= 11 is 0. The lowest BCUT2D eigenvalue weighted by Gasteiger charge is -2.35. The van der Waals surface area contributed by atoms with E-state index in [-0.39, 0.29) is 30.6 Å². The molecule has 0 radical (unpaired) electrons. The van der Waals surface area contributed by atoms with E-state index >= 15 is 0 Å². The fourth-order valence-corrected chi connectivity index (χ4v) is 2.79. The van der Waals surface area contributed by atoms with E-state index in [1.165, 1.54) is 0 Å². The number of rotatable bonds is 7. The number of benzene rings is 1. The van der Waals surface area contributed by atoms with Crippen molar-refractivity contribution >= 4 is 11.8 Å². The molecule has 1 aromatic rings. The number of carbonyl (C=O) groups excluding carboxylic acids is 2. The third kappa shape index (κ3) is 6.05. The van der Waals surface area contributed by atoms with Crippen molar-refractivity contribution < 1.29 is 19.1 Å². The lowest BCUT2D eigenvalue weighted by molar-refractivity contribution is -0.142. The summed E-state index contributed by atoms with van der Waals surface area (Å²) in [5.74, 6) is 0.398. The summed E-state index contributed by atoms with van der Waals surface area (Å²) in [6.07, 6.45) is 2.12. The van der Waals surface area contributed by atoms with Crippen LogP contribution in [0.5, 0.6) is 5.75 Å². The van der Waals surface area contributed by atoms with Gasteiger partial charge in [0.1, 0.15) is 5.75 Å². The van der Waals surface area contributed by atoms with Crippen LogP contribution in [-0.4, -0.2) is 55.2 Å². The maximum Gasteiger partial charge on any atom is 0.251 e. The van der Waals surface area contributed by atoms with Gasteiger partial charge in [0.15, 0.2) is 0 Å². The lowest BCUT2D eigenvalue weighted by atomic mass is 10.2. The van der Waals surface area contributed by atoms with E-state index < -0.39 is 0 Å². The smallest absolute Gasteiger partial charge is 0.251 e. The van der Waals surface area contributed by atoms with Crippen molar-refractivity contribution in [1.82, 2.24) is 10.2 Å². The molecule has 0 unspecified atom stereocenters. The van der Waals surface area contributed by atoms with Gasteiger partial charge in [-0.1, -0.05) is 13.3 Å². The monoisotopic (exact) mass is 348 g/mol. The second-order valence-electron chi connectivity index (χ2n) is 6.47. The van der Waals surface area contributed by atoms with Gasteiger partial charge in [0.25, 0.3) is 5.91 Å². The maximum absolute atomic E-state index is 12.3. The Labute approximate surface area is 149 Å². The molecule has 0 aliphatic carbocycles. The average Bonchev–Trinajstić information content (AvgIpc) is 2.59. The van der Waals surface area contributed by atoms with E-state index in [9.17, 15) is 9.59 Å². The van der Waals surface area contributed by atoms with Crippen molar-refractivity contribution in [2.75, 3.05) is 26.2 Å². The van der Waals surface area contributed by atoms with Gasteiger partial charge in [0.2, 0.25) is 5.91 Å². The van der Waals surface area contributed by atoms with Gasteiger partial charge in [-0.2, -0.15) is 0 Å². The van der Waals surface area contributed by atoms with Crippen LogP contribution < -0.4 is 10.1 Å². The van der Waals surface area contributed by atoms with Crippen LogP contribution in [0.15, 0.2) is 24.3 Å². The summed E-state index contributed by atoms with van der Waals surface area (Å²) in [6, 6.07) is 6.97. The van der Waals surface area contributed by atoms with E-state index in [1.54, 1.807) is 29.2 Å². The van der Waals surface area contributed by atoms with Gasteiger partial charge in [0, 0.05) is 18.7 Å². The van der Waals surface area contributed by atoms with E-state index in [0.29, 0.717) is 25.3 Å². The summed E-state index contributed by atoms with van der Waals surface area (Å²) < 4.78 is 11.2. The fraction of sp³-hybridized carbons (Fsp3) is 0.579. The largest absolute Gasteiger partial charge is 0.494 e. The van der Waals surface area contributed by atoms with E-state index in [1.807, 2.05) is 13.8 Å². The van der Waals surface area contributed by atoms with Crippen molar-refractivity contribution in [2.45, 2.75) is 45.8 Å². The third-order valence-electron chi connectivity index (χ3n) is 4.06. The molecule has 1 aliphatic rings. The molecular weight excluding hydrogens is 320 g/mol. The summed E-state index contributed by atoms with van der Waals surface area (Å²) in [5.41, 5.74) is 0.513. The normalized spacial score (nSPS) is 20.2. The van der Waals surface area contributed by atoms with Crippen LogP contribution in [-0.2, 0) is 9.53 Å². The minimum Gasteiger partial charge on any atom is -0.494 e. The highest BCUT2D eigenvalue weighted by Gasteiger charge is 2.25. The zero-order valence-electron chi connectivity index (χ0n) is 15.3. The van der Waals surface area contributed by atoms with Gasteiger partial charge in [-0.25, -0.2) is 0 Å². The number of morpholine rings is 1. The molecule has 2 rings (SSSR count). The highest BCUT2D eigenvalue weighted by atomic mass is 16.5. The van der Waals surface area contributed by atoms with Crippen molar-refractivity contribution in [1.29, 1.82) is 0 Å². The quantitative estimate of drug-likeness (QED) is 0.767. The molecule has 138 valence electrons. The number of carbonyl (C=O) groups is 2. The molecule has 6 heteroatoms. The first-order chi connectivity index (χ1) is 12.0. The SMILES string of the molecule is CCCCOc1ccc(C(=O)NCC(=O)N2C[C@@H](C)O[C@H](C)C2)cc1. The number of ether oxygens (including phenoxy) is 2. The first kappa shape index (κ1) is 19.2. The molecule has 2 amide bonds. The van der Waals surface area contributed by atoms with Crippen LogP contribution in [0.25, 0.3) is 0 Å². The Kier molecular flexibility index (Phi) is 7.25. The minimum absolute atomic E-state index is 0.00692. The zero-order valence-corrected chi connectivity index (χ0v) is 15.3. The summed E-state index contributed by atoms with van der Waals surface area (Å²) in [5, 5.41) is 2.69. The van der Waals surface area contributed by atoms with Crippen LogP contribution in [0.3, 0.4) is 0 Å². The predicted octanol–water partition coefficient (Wildman–Crippen LogP) is 2.23.